The summed E-state index contributed by atoms with van der Waals surface area (Å²) in [5.41, 5.74) is 4.87. The highest BCUT2D eigenvalue weighted by Gasteiger charge is 2.44. The molecule has 1 aliphatic rings. The zero-order valence-corrected chi connectivity index (χ0v) is 7.20. The molecule has 0 amide bonds. The van der Waals surface area contributed by atoms with Gasteiger partial charge in [-0.1, -0.05) is 0 Å². The number of alkyl halides is 4. The third-order valence-electron chi connectivity index (χ3n) is 2.59. The van der Waals surface area contributed by atoms with Crippen molar-refractivity contribution in [1.82, 2.24) is 0 Å². The lowest BCUT2D eigenvalue weighted by Crippen LogP contribution is -2.40. The lowest BCUT2D eigenvalue weighted by atomic mass is 9.83. The zero-order valence-electron chi connectivity index (χ0n) is 7.20. The maximum Gasteiger partial charge on any atom is 0.262 e. The molecule has 13 heavy (non-hydrogen) atoms. The Labute approximate surface area is 74.3 Å². The minimum atomic E-state index is -2.98. The van der Waals surface area contributed by atoms with E-state index in [1.54, 1.807) is 0 Å². The molecule has 0 aliphatic heterocycles. The first-order valence-electron chi connectivity index (χ1n) is 4.33. The Hall–Kier alpha value is -0.320. The van der Waals surface area contributed by atoms with Crippen molar-refractivity contribution in [3.63, 3.8) is 0 Å². The van der Waals surface area contributed by atoms with E-state index in [1.165, 1.54) is 0 Å². The van der Waals surface area contributed by atoms with Gasteiger partial charge in [0.15, 0.2) is 0 Å². The molecule has 5 heteroatoms. The Balaban J connectivity index is 2.50. The molecule has 0 radical (unpaired) electrons. The van der Waals surface area contributed by atoms with Crippen LogP contribution in [0.25, 0.3) is 0 Å². The van der Waals surface area contributed by atoms with E-state index in [0.717, 1.165) is 0 Å². The SMILES string of the molecule is NCC(F)(F)C1CCC(F)(F)CC1. The smallest absolute Gasteiger partial charge is 0.262 e. The fourth-order valence-corrected chi connectivity index (χ4v) is 1.63. The number of hydrogen-bond acceptors (Lipinski definition) is 1. The Morgan fingerprint density at radius 3 is 2.08 bits per heavy atom. The molecule has 0 saturated heterocycles. The molecule has 0 spiro atoms. The summed E-state index contributed by atoms with van der Waals surface area (Å²) in [6.07, 6.45) is -1.13. The topological polar surface area (TPSA) is 26.0 Å². The Bertz CT molecular complexity index is 171. The third kappa shape index (κ3) is 2.56. The second kappa shape index (κ2) is 3.44. The second-order valence-electron chi connectivity index (χ2n) is 3.60. The van der Waals surface area contributed by atoms with Crippen LogP contribution in [-0.4, -0.2) is 18.4 Å². The van der Waals surface area contributed by atoms with Crippen LogP contribution in [0.1, 0.15) is 25.7 Å². The van der Waals surface area contributed by atoms with Crippen molar-refractivity contribution in [2.45, 2.75) is 37.5 Å². The first-order valence-corrected chi connectivity index (χ1v) is 4.33. The van der Waals surface area contributed by atoms with Crippen molar-refractivity contribution in [2.24, 2.45) is 11.7 Å². The van der Waals surface area contributed by atoms with E-state index < -0.39 is 37.1 Å². The molecule has 1 rings (SSSR count). The van der Waals surface area contributed by atoms with Gasteiger partial charge in [-0.25, -0.2) is 17.6 Å². The third-order valence-corrected chi connectivity index (χ3v) is 2.59. The van der Waals surface area contributed by atoms with Gasteiger partial charge in [0.1, 0.15) is 0 Å². The molecule has 0 aromatic carbocycles. The Morgan fingerprint density at radius 2 is 1.69 bits per heavy atom. The van der Waals surface area contributed by atoms with Crippen molar-refractivity contribution in [1.29, 1.82) is 0 Å². The molecule has 0 atom stereocenters. The fourth-order valence-electron chi connectivity index (χ4n) is 1.63. The van der Waals surface area contributed by atoms with Gasteiger partial charge in [-0.15, -0.1) is 0 Å². The predicted octanol–water partition coefficient (Wildman–Crippen LogP) is 2.41. The van der Waals surface area contributed by atoms with Gasteiger partial charge < -0.3 is 5.73 Å². The van der Waals surface area contributed by atoms with Gasteiger partial charge in [-0.3, -0.25) is 0 Å². The van der Waals surface area contributed by atoms with Crippen molar-refractivity contribution < 1.29 is 17.6 Å². The van der Waals surface area contributed by atoms with Crippen LogP contribution in [0.4, 0.5) is 17.6 Å². The number of rotatable bonds is 2. The summed E-state index contributed by atoms with van der Waals surface area (Å²) in [6.45, 7) is -0.747. The van der Waals surface area contributed by atoms with Crippen LogP contribution in [0.15, 0.2) is 0 Å². The molecular formula is C8H13F4N. The zero-order chi connectivity index (χ0) is 10.1. The molecule has 0 aromatic rings. The Kier molecular flexibility index (Phi) is 2.85. The average molecular weight is 199 g/mol. The van der Waals surface area contributed by atoms with E-state index in [9.17, 15) is 17.6 Å². The quantitative estimate of drug-likeness (QED) is 0.679. The molecule has 78 valence electrons. The standard InChI is InChI=1S/C8H13F4N/c9-7(10)3-1-6(2-4-7)8(11,12)5-13/h6H,1-5,13H2. The maximum absolute atomic E-state index is 12.9. The van der Waals surface area contributed by atoms with Gasteiger partial charge in [0.25, 0.3) is 5.92 Å². The summed E-state index contributed by atoms with van der Waals surface area (Å²) in [6, 6.07) is 0. The summed E-state index contributed by atoms with van der Waals surface area (Å²) in [5.74, 6) is -6.69. The van der Waals surface area contributed by atoms with Crippen LogP contribution in [0, 0.1) is 5.92 Å². The minimum absolute atomic E-state index is 0.128. The minimum Gasteiger partial charge on any atom is -0.325 e. The molecule has 0 bridgehead atoms. The van der Waals surface area contributed by atoms with E-state index in [4.69, 9.17) is 5.73 Å². The van der Waals surface area contributed by atoms with Crippen LogP contribution in [0.3, 0.4) is 0 Å². The molecular weight excluding hydrogens is 186 g/mol. The first-order chi connectivity index (χ1) is 5.87. The summed E-state index contributed by atoms with van der Waals surface area (Å²) in [5, 5.41) is 0. The maximum atomic E-state index is 12.9. The van der Waals surface area contributed by atoms with E-state index in [0.29, 0.717) is 0 Å². The van der Waals surface area contributed by atoms with Crippen molar-refractivity contribution >= 4 is 0 Å². The largest absolute Gasteiger partial charge is 0.325 e. The summed E-state index contributed by atoms with van der Waals surface area (Å²) in [7, 11) is 0. The molecule has 1 fully saturated rings. The number of halogens is 4. The van der Waals surface area contributed by atoms with E-state index >= 15 is 0 Å². The van der Waals surface area contributed by atoms with Crippen LogP contribution in [0.5, 0.6) is 0 Å². The van der Waals surface area contributed by atoms with E-state index in [2.05, 4.69) is 0 Å². The molecule has 1 saturated carbocycles. The molecule has 1 nitrogen and oxygen atoms in total. The van der Waals surface area contributed by atoms with Gasteiger partial charge in [0, 0.05) is 18.8 Å². The van der Waals surface area contributed by atoms with Crippen LogP contribution >= 0.6 is 0 Å². The van der Waals surface area contributed by atoms with Crippen molar-refractivity contribution in [3.8, 4) is 0 Å². The van der Waals surface area contributed by atoms with Gasteiger partial charge in [0.05, 0.1) is 6.54 Å². The highest BCUT2D eigenvalue weighted by molar-refractivity contribution is 4.85. The summed E-state index contributed by atoms with van der Waals surface area (Å²) >= 11 is 0. The second-order valence-corrected chi connectivity index (χ2v) is 3.60. The van der Waals surface area contributed by atoms with E-state index in [1.807, 2.05) is 0 Å². The molecule has 2 N–H and O–H groups in total. The fraction of sp³-hybridized carbons (Fsp3) is 1.00. The lowest BCUT2D eigenvalue weighted by molar-refractivity contribution is -0.109. The number of nitrogens with two attached hydrogens (primary N) is 1. The molecule has 0 heterocycles. The van der Waals surface area contributed by atoms with Crippen molar-refractivity contribution in [3.05, 3.63) is 0 Å². The van der Waals surface area contributed by atoms with E-state index in [-0.39, 0.29) is 12.8 Å². The van der Waals surface area contributed by atoms with Gasteiger partial charge in [-0.05, 0) is 12.8 Å². The normalized spacial score (nSPS) is 24.7. The predicted molar refractivity (Wildman–Crippen MR) is 40.9 cm³/mol. The molecule has 0 aromatic heterocycles. The van der Waals surface area contributed by atoms with Crippen LogP contribution < -0.4 is 5.73 Å². The summed E-state index contributed by atoms with van der Waals surface area (Å²) < 4.78 is 51.0. The number of hydrogen-bond donors (Lipinski definition) is 1. The van der Waals surface area contributed by atoms with Crippen molar-refractivity contribution in [2.75, 3.05) is 6.54 Å². The highest BCUT2D eigenvalue weighted by atomic mass is 19.3. The highest BCUT2D eigenvalue weighted by Crippen LogP contribution is 2.42. The Morgan fingerprint density at radius 1 is 1.23 bits per heavy atom. The van der Waals surface area contributed by atoms with Gasteiger partial charge in [0.2, 0.25) is 5.92 Å². The van der Waals surface area contributed by atoms with Gasteiger partial charge in [-0.2, -0.15) is 0 Å². The van der Waals surface area contributed by atoms with Crippen LogP contribution in [-0.2, 0) is 0 Å². The molecule has 0 unspecified atom stereocenters. The van der Waals surface area contributed by atoms with Crippen LogP contribution in [0.2, 0.25) is 0 Å². The average Bonchev–Trinajstić information content (AvgIpc) is 2.04. The molecule has 1 aliphatic carbocycles. The lowest BCUT2D eigenvalue weighted by Gasteiger charge is -2.32. The monoisotopic (exact) mass is 199 g/mol. The van der Waals surface area contributed by atoms with Gasteiger partial charge >= 0.3 is 0 Å². The first kappa shape index (κ1) is 10.8. The summed E-state index contributed by atoms with van der Waals surface area (Å²) in [4.78, 5) is 0.